The van der Waals surface area contributed by atoms with Crippen LogP contribution in [0.15, 0.2) is 12.7 Å². The maximum absolute atomic E-state index is 9.94. The first-order valence-corrected chi connectivity index (χ1v) is 8.01. The van der Waals surface area contributed by atoms with Crippen molar-refractivity contribution in [1.29, 1.82) is 0 Å². The zero-order valence-electron chi connectivity index (χ0n) is 12.8. The highest BCUT2D eigenvalue weighted by Crippen LogP contribution is 2.19. The van der Waals surface area contributed by atoms with Crippen molar-refractivity contribution >= 4 is 0 Å². The fraction of sp³-hybridized carbons (Fsp3) is 0.875. The van der Waals surface area contributed by atoms with E-state index < -0.39 is 24.4 Å². The molecule has 1 aliphatic rings. The van der Waals surface area contributed by atoms with Gasteiger partial charge in [-0.05, 0) is 19.3 Å². The molecule has 3 N–H and O–H groups in total. The molecule has 1 fully saturated rings. The highest BCUT2D eigenvalue weighted by atomic mass is 16.6. The van der Waals surface area contributed by atoms with E-state index in [0.29, 0.717) is 6.61 Å². The van der Waals surface area contributed by atoms with Crippen LogP contribution in [0.1, 0.15) is 44.9 Å². The minimum Gasteiger partial charge on any atom is -0.394 e. The smallest absolute Gasteiger partial charge is 0.114 e. The van der Waals surface area contributed by atoms with E-state index in [0.717, 1.165) is 19.3 Å². The van der Waals surface area contributed by atoms with E-state index in [1.807, 2.05) is 6.08 Å². The van der Waals surface area contributed by atoms with Gasteiger partial charge < -0.3 is 24.8 Å². The Hall–Kier alpha value is -0.460. The Morgan fingerprint density at radius 3 is 2.43 bits per heavy atom. The first-order chi connectivity index (χ1) is 10.2. The highest BCUT2D eigenvalue weighted by Gasteiger charge is 2.38. The molecule has 5 nitrogen and oxygen atoms in total. The summed E-state index contributed by atoms with van der Waals surface area (Å²) >= 11 is 0. The van der Waals surface area contributed by atoms with Crippen molar-refractivity contribution in [3.63, 3.8) is 0 Å². The average Bonchev–Trinajstić information content (AvgIpc) is 2.48. The monoisotopic (exact) mass is 302 g/mol. The van der Waals surface area contributed by atoms with Gasteiger partial charge in [-0.25, -0.2) is 0 Å². The largest absolute Gasteiger partial charge is 0.394 e. The van der Waals surface area contributed by atoms with Crippen LogP contribution in [0.3, 0.4) is 0 Å². The van der Waals surface area contributed by atoms with Gasteiger partial charge in [-0.3, -0.25) is 0 Å². The molecule has 124 valence electrons. The molecule has 0 amide bonds. The topological polar surface area (TPSA) is 79.2 Å². The van der Waals surface area contributed by atoms with E-state index in [9.17, 15) is 10.2 Å². The van der Waals surface area contributed by atoms with Crippen LogP contribution in [0.2, 0.25) is 0 Å². The van der Waals surface area contributed by atoms with Gasteiger partial charge in [0.2, 0.25) is 0 Å². The third-order valence-electron chi connectivity index (χ3n) is 3.87. The average molecular weight is 302 g/mol. The molecular formula is C16H30O5. The summed E-state index contributed by atoms with van der Waals surface area (Å²) in [4.78, 5) is 0. The van der Waals surface area contributed by atoms with Crippen molar-refractivity contribution in [2.45, 2.75) is 69.4 Å². The molecule has 1 rings (SSSR count). The molecule has 0 spiro atoms. The van der Waals surface area contributed by atoms with Crippen molar-refractivity contribution in [3.05, 3.63) is 12.7 Å². The number of aliphatic hydroxyl groups is 3. The first-order valence-electron chi connectivity index (χ1n) is 8.01. The summed E-state index contributed by atoms with van der Waals surface area (Å²) in [5.41, 5.74) is 0. The van der Waals surface area contributed by atoms with Crippen molar-refractivity contribution in [3.8, 4) is 0 Å². The molecule has 0 radical (unpaired) electrons. The van der Waals surface area contributed by atoms with E-state index in [4.69, 9.17) is 14.6 Å². The zero-order valence-corrected chi connectivity index (χ0v) is 12.8. The number of rotatable bonds is 11. The minimum atomic E-state index is -0.974. The van der Waals surface area contributed by atoms with Crippen LogP contribution >= 0.6 is 0 Å². The molecule has 4 atom stereocenters. The standard InChI is InChI=1S/C16H30O5/c1-2-3-4-5-6-7-8-9-10-20-16-13(18)12-21-14(11-17)15(16)19/h2,13-19H,1,3-12H2/t13-,14+,15+,16+/m0/s1. The second-order valence-corrected chi connectivity index (χ2v) is 5.65. The van der Waals surface area contributed by atoms with Crippen LogP contribution in [-0.4, -0.2) is 59.6 Å². The lowest BCUT2D eigenvalue weighted by atomic mass is 10.0. The minimum absolute atomic E-state index is 0.0935. The number of ether oxygens (including phenoxy) is 2. The fourth-order valence-electron chi connectivity index (χ4n) is 2.54. The van der Waals surface area contributed by atoms with Crippen molar-refractivity contribution in [2.75, 3.05) is 19.8 Å². The SMILES string of the molecule is C=CCCCCCCCCO[C@H]1[C@H](O)[C@@H](CO)OC[C@@H]1O. The molecule has 1 aliphatic heterocycles. The van der Waals surface area contributed by atoms with Gasteiger partial charge in [0.05, 0.1) is 13.2 Å². The van der Waals surface area contributed by atoms with Crippen LogP contribution in [0.4, 0.5) is 0 Å². The summed E-state index contributed by atoms with van der Waals surface area (Å²) in [6.45, 7) is 4.05. The van der Waals surface area contributed by atoms with Crippen LogP contribution < -0.4 is 0 Å². The van der Waals surface area contributed by atoms with Gasteiger partial charge in [0.25, 0.3) is 0 Å². The van der Waals surface area contributed by atoms with Gasteiger partial charge in [0.1, 0.15) is 24.4 Å². The van der Waals surface area contributed by atoms with Gasteiger partial charge in [-0.2, -0.15) is 0 Å². The van der Waals surface area contributed by atoms with Crippen molar-refractivity contribution in [1.82, 2.24) is 0 Å². The Labute approximate surface area is 127 Å². The molecule has 0 unspecified atom stereocenters. The molecule has 0 aromatic heterocycles. The number of unbranched alkanes of at least 4 members (excludes halogenated alkanes) is 6. The highest BCUT2D eigenvalue weighted by molar-refractivity contribution is 4.87. The van der Waals surface area contributed by atoms with Gasteiger partial charge >= 0.3 is 0 Å². The molecule has 0 aromatic carbocycles. The molecule has 0 aliphatic carbocycles. The van der Waals surface area contributed by atoms with E-state index in [1.54, 1.807) is 0 Å². The normalized spacial score (nSPS) is 29.5. The van der Waals surface area contributed by atoms with E-state index >= 15 is 0 Å². The summed E-state index contributed by atoms with van der Waals surface area (Å²) in [5, 5.41) is 28.8. The lowest BCUT2D eigenvalue weighted by Gasteiger charge is -2.37. The Bertz CT molecular complexity index is 271. The molecule has 0 saturated carbocycles. The molecular weight excluding hydrogens is 272 g/mol. The summed E-state index contributed by atoms with van der Waals surface area (Å²) in [7, 11) is 0. The molecule has 0 aromatic rings. The van der Waals surface area contributed by atoms with Gasteiger partial charge in [-0.15, -0.1) is 6.58 Å². The van der Waals surface area contributed by atoms with E-state index in [-0.39, 0.29) is 13.2 Å². The molecule has 1 heterocycles. The second-order valence-electron chi connectivity index (χ2n) is 5.65. The summed E-state index contributed by atoms with van der Waals surface area (Å²) in [6.07, 6.45) is 6.78. The molecule has 21 heavy (non-hydrogen) atoms. The lowest BCUT2D eigenvalue weighted by molar-refractivity contribution is -0.210. The Balaban J connectivity index is 2.06. The predicted octanol–water partition coefficient (Wildman–Crippen LogP) is 1.40. The maximum atomic E-state index is 9.94. The fourth-order valence-corrected chi connectivity index (χ4v) is 2.54. The summed E-state index contributed by atoms with van der Waals surface area (Å²) < 4.78 is 10.7. The van der Waals surface area contributed by atoms with Crippen LogP contribution in [0.25, 0.3) is 0 Å². The van der Waals surface area contributed by atoms with E-state index in [2.05, 4.69) is 6.58 Å². The summed E-state index contributed by atoms with van der Waals surface area (Å²) in [5.74, 6) is 0. The van der Waals surface area contributed by atoms with Crippen molar-refractivity contribution in [2.24, 2.45) is 0 Å². The van der Waals surface area contributed by atoms with Crippen molar-refractivity contribution < 1.29 is 24.8 Å². The van der Waals surface area contributed by atoms with Gasteiger partial charge in [0, 0.05) is 6.61 Å². The third-order valence-corrected chi connectivity index (χ3v) is 3.87. The molecule has 0 bridgehead atoms. The third kappa shape index (κ3) is 6.89. The van der Waals surface area contributed by atoms with E-state index in [1.165, 1.54) is 25.7 Å². The molecule has 1 saturated heterocycles. The Morgan fingerprint density at radius 1 is 1.10 bits per heavy atom. The predicted molar refractivity (Wildman–Crippen MR) is 81.1 cm³/mol. The number of hydrogen-bond acceptors (Lipinski definition) is 5. The van der Waals surface area contributed by atoms with Crippen LogP contribution in [-0.2, 0) is 9.47 Å². The van der Waals surface area contributed by atoms with Gasteiger partial charge in [-0.1, -0.05) is 31.8 Å². The lowest BCUT2D eigenvalue weighted by Crippen LogP contribution is -2.55. The Morgan fingerprint density at radius 2 is 1.76 bits per heavy atom. The number of aliphatic hydroxyl groups excluding tert-OH is 3. The van der Waals surface area contributed by atoms with Crippen LogP contribution in [0, 0.1) is 0 Å². The van der Waals surface area contributed by atoms with Crippen LogP contribution in [0.5, 0.6) is 0 Å². The quantitative estimate of drug-likeness (QED) is 0.397. The summed E-state index contributed by atoms with van der Waals surface area (Å²) in [6, 6.07) is 0. The number of hydrogen-bond donors (Lipinski definition) is 3. The zero-order chi connectivity index (χ0) is 15.5. The van der Waals surface area contributed by atoms with Gasteiger partial charge in [0.15, 0.2) is 0 Å². The first kappa shape index (κ1) is 18.6. The Kier molecular flexibility index (Phi) is 9.87. The molecule has 5 heteroatoms. The second kappa shape index (κ2) is 11.2. The maximum Gasteiger partial charge on any atom is 0.114 e. The number of allylic oxidation sites excluding steroid dienone is 1.